The van der Waals surface area contributed by atoms with Gasteiger partial charge in [0.1, 0.15) is 11.3 Å². The summed E-state index contributed by atoms with van der Waals surface area (Å²) in [4.78, 5) is 0. The van der Waals surface area contributed by atoms with Crippen molar-refractivity contribution < 1.29 is 4.42 Å². The lowest BCUT2D eigenvalue weighted by Crippen LogP contribution is -1.83. The number of fused-ring (bicyclic) bond motifs is 3. The Morgan fingerprint density at radius 3 is 2.57 bits per heavy atom. The Hall–Kier alpha value is -2.54. The molecule has 0 radical (unpaired) electrons. The number of hydrogen-bond donors (Lipinski definition) is 0. The van der Waals surface area contributed by atoms with E-state index in [4.69, 9.17) is 4.42 Å². The molecular formula is C20H18O. The Morgan fingerprint density at radius 1 is 0.952 bits per heavy atom. The molecule has 1 atom stereocenters. The van der Waals surface area contributed by atoms with Crippen LogP contribution in [-0.2, 0) is 0 Å². The van der Waals surface area contributed by atoms with Crippen LogP contribution >= 0.6 is 0 Å². The summed E-state index contributed by atoms with van der Waals surface area (Å²) in [5.41, 5.74) is 3.80. The second kappa shape index (κ2) is 5.45. The number of benzene rings is 1. The van der Waals surface area contributed by atoms with Gasteiger partial charge in [-0.25, -0.2) is 0 Å². The SMILES string of the molecule is C=C1/C=C\c2c(oc3ccccc23)C(=C)/C=C\[C@H](C)/C=C\1. The lowest BCUT2D eigenvalue weighted by Gasteiger charge is -1.99. The molecule has 0 N–H and O–H groups in total. The zero-order valence-electron chi connectivity index (χ0n) is 12.2. The molecule has 0 saturated heterocycles. The highest BCUT2D eigenvalue weighted by Crippen LogP contribution is 2.32. The fourth-order valence-electron chi connectivity index (χ4n) is 2.40. The Morgan fingerprint density at radius 2 is 1.71 bits per heavy atom. The third kappa shape index (κ3) is 2.68. The van der Waals surface area contributed by atoms with Crippen LogP contribution in [0.5, 0.6) is 0 Å². The van der Waals surface area contributed by atoms with Gasteiger partial charge in [-0.3, -0.25) is 0 Å². The van der Waals surface area contributed by atoms with Crippen molar-refractivity contribution in [2.24, 2.45) is 5.92 Å². The van der Waals surface area contributed by atoms with Gasteiger partial charge in [-0.05, 0) is 23.6 Å². The van der Waals surface area contributed by atoms with Crippen LogP contribution < -0.4 is 0 Å². The van der Waals surface area contributed by atoms with Crippen LogP contribution in [0.15, 0.2) is 77.8 Å². The molecule has 0 amide bonds. The van der Waals surface area contributed by atoms with Gasteiger partial charge in [-0.1, -0.05) is 68.7 Å². The molecule has 0 spiro atoms. The molecule has 1 aliphatic rings. The van der Waals surface area contributed by atoms with Gasteiger partial charge < -0.3 is 4.42 Å². The molecule has 1 aliphatic carbocycles. The van der Waals surface area contributed by atoms with Crippen molar-refractivity contribution in [3.05, 3.63) is 84.7 Å². The van der Waals surface area contributed by atoms with Crippen molar-refractivity contribution in [3.8, 4) is 0 Å². The van der Waals surface area contributed by atoms with Gasteiger partial charge in [-0.2, -0.15) is 0 Å². The topological polar surface area (TPSA) is 13.1 Å². The molecule has 3 rings (SSSR count). The van der Waals surface area contributed by atoms with Gasteiger partial charge in [0.2, 0.25) is 0 Å². The first-order valence-electron chi connectivity index (χ1n) is 7.09. The first-order chi connectivity index (χ1) is 10.1. The summed E-state index contributed by atoms with van der Waals surface area (Å²) in [5.74, 6) is 1.16. The van der Waals surface area contributed by atoms with Gasteiger partial charge in [0.05, 0.1) is 0 Å². The van der Waals surface area contributed by atoms with Gasteiger partial charge in [-0.15, -0.1) is 0 Å². The van der Waals surface area contributed by atoms with Crippen molar-refractivity contribution in [2.75, 3.05) is 0 Å². The number of para-hydroxylation sites is 1. The first-order valence-corrected chi connectivity index (χ1v) is 7.09. The van der Waals surface area contributed by atoms with Crippen LogP contribution in [0.25, 0.3) is 22.6 Å². The third-order valence-electron chi connectivity index (χ3n) is 3.60. The van der Waals surface area contributed by atoms with Crippen molar-refractivity contribution in [1.29, 1.82) is 0 Å². The standard InChI is InChI=1S/C20H18O/c1-14-8-9-15(2)11-13-18-17-6-4-5-7-19(17)21-20(18)16(3)12-10-14/h4-14H,2-3H2,1H3/b9-8-,12-10-,13-11-/t14-/m1/s1. The number of rotatable bonds is 0. The summed E-state index contributed by atoms with van der Waals surface area (Å²) in [6, 6.07) is 8.05. The van der Waals surface area contributed by atoms with E-state index < -0.39 is 0 Å². The molecule has 0 bridgehead atoms. The van der Waals surface area contributed by atoms with E-state index in [-0.39, 0.29) is 0 Å². The molecule has 0 fully saturated rings. The summed E-state index contributed by atoms with van der Waals surface area (Å²) in [6.45, 7) is 10.3. The Bertz CT molecular complexity index is 796. The molecule has 0 aliphatic heterocycles. The maximum Gasteiger partial charge on any atom is 0.142 e. The van der Waals surface area contributed by atoms with Crippen molar-refractivity contribution in [1.82, 2.24) is 0 Å². The quantitative estimate of drug-likeness (QED) is 0.593. The van der Waals surface area contributed by atoms with Gasteiger partial charge >= 0.3 is 0 Å². The molecule has 0 saturated carbocycles. The largest absolute Gasteiger partial charge is 0.455 e. The summed E-state index contributed by atoms with van der Waals surface area (Å²) in [7, 11) is 0. The Labute approximate surface area is 125 Å². The molecule has 1 aromatic heterocycles. The molecule has 0 unspecified atom stereocenters. The Balaban J connectivity index is 2.23. The minimum Gasteiger partial charge on any atom is -0.455 e. The zero-order valence-corrected chi connectivity index (χ0v) is 12.2. The van der Waals surface area contributed by atoms with E-state index in [0.29, 0.717) is 5.92 Å². The average molecular weight is 274 g/mol. The summed E-state index contributed by atoms with van der Waals surface area (Å²) in [6.07, 6.45) is 12.4. The Kier molecular flexibility index (Phi) is 3.49. The molecule has 2 aromatic rings. The minimum absolute atomic E-state index is 0.331. The minimum atomic E-state index is 0.331. The fourth-order valence-corrected chi connectivity index (χ4v) is 2.40. The maximum absolute atomic E-state index is 5.99. The second-order valence-corrected chi connectivity index (χ2v) is 5.35. The molecule has 1 aromatic carbocycles. The molecule has 104 valence electrons. The van der Waals surface area contributed by atoms with E-state index in [2.05, 4.69) is 44.4 Å². The predicted molar refractivity (Wildman–Crippen MR) is 90.9 cm³/mol. The summed E-state index contributed by atoms with van der Waals surface area (Å²) < 4.78 is 5.99. The normalized spacial score (nSPS) is 23.4. The highest BCUT2D eigenvalue weighted by molar-refractivity contribution is 5.94. The molecular weight excluding hydrogens is 256 g/mol. The van der Waals surface area contributed by atoms with E-state index in [0.717, 1.165) is 33.4 Å². The van der Waals surface area contributed by atoms with E-state index in [9.17, 15) is 0 Å². The first kappa shape index (κ1) is 13.4. The molecule has 1 heteroatoms. The van der Waals surface area contributed by atoms with Crippen LogP contribution in [0, 0.1) is 5.92 Å². The van der Waals surface area contributed by atoms with Crippen LogP contribution in [0.1, 0.15) is 18.2 Å². The van der Waals surface area contributed by atoms with Gasteiger partial charge in [0.25, 0.3) is 0 Å². The van der Waals surface area contributed by atoms with Crippen LogP contribution in [0.2, 0.25) is 0 Å². The van der Waals surface area contributed by atoms with E-state index in [1.165, 1.54) is 0 Å². The van der Waals surface area contributed by atoms with Crippen LogP contribution in [0.3, 0.4) is 0 Å². The monoisotopic (exact) mass is 274 g/mol. The molecule has 1 heterocycles. The predicted octanol–water partition coefficient (Wildman–Crippen LogP) is 5.78. The zero-order chi connectivity index (χ0) is 14.8. The average Bonchev–Trinajstić information content (AvgIpc) is 2.86. The lowest BCUT2D eigenvalue weighted by molar-refractivity contribution is 0.600. The van der Waals surface area contributed by atoms with E-state index in [1.807, 2.05) is 36.4 Å². The van der Waals surface area contributed by atoms with Crippen LogP contribution in [-0.4, -0.2) is 0 Å². The number of allylic oxidation sites excluding steroid dienone is 7. The van der Waals surface area contributed by atoms with Crippen molar-refractivity contribution in [3.63, 3.8) is 0 Å². The second-order valence-electron chi connectivity index (χ2n) is 5.35. The lowest BCUT2D eigenvalue weighted by atomic mass is 10.0. The van der Waals surface area contributed by atoms with E-state index >= 15 is 0 Å². The number of furan rings is 1. The summed E-state index contributed by atoms with van der Waals surface area (Å²) >= 11 is 0. The van der Waals surface area contributed by atoms with Crippen molar-refractivity contribution >= 4 is 22.6 Å². The van der Waals surface area contributed by atoms with Crippen LogP contribution in [0.4, 0.5) is 0 Å². The van der Waals surface area contributed by atoms with E-state index in [1.54, 1.807) is 0 Å². The molecule has 1 nitrogen and oxygen atoms in total. The third-order valence-corrected chi connectivity index (χ3v) is 3.60. The van der Waals surface area contributed by atoms with Crippen molar-refractivity contribution in [2.45, 2.75) is 6.92 Å². The maximum atomic E-state index is 5.99. The fraction of sp³-hybridized carbons (Fsp3) is 0.100. The molecule has 21 heavy (non-hydrogen) atoms. The van der Waals surface area contributed by atoms with Gasteiger partial charge in [0.15, 0.2) is 0 Å². The summed E-state index contributed by atoms with van der Waals surface area (Å²) in [5, 5.41) is 1.10. The smallest absolute Gasteiger partial charge is 0.142 e. The highest BCUT2D eigenvalue weighted by Gasteiger charge is 2.13. The highest BCUT2D eigenvalue weighted by atomic mass is 16.3. The number of hydrogen-bond acceptors (Lipinski definition) is 1. The van der Waals surface area contributed by atoms with Gasteiger partial charge in [0, 0.05) is 16.5 Å².